The lowest BCUT2D eigenvalue weighted by Gasteiger charge is -2.17. The predicted molar refractivity (Wildman–Crippen MR) is 94.8 cm³/mol. The van der Waals surface area contributed by atoms with Crippen molar-refractivity contribution in [2.75, 3.05) is 19.0 Å². The molecule has 1 aromatic heterocycles. The first-order chi connectivity index (χ1) is 12.0. The van der Waals surface area contributed by atoms with Gasteiger partial charge in [-0.1, -0.05) is 34.8 Å². The summed E-state index contributed by atoms with van der Waals surface area (Å²) in [7, 11) is 1.48. The summed E-state index contributed by atoms with van der Waals surface area (Å²) in [6.07, 6.45) is -3.28. The van der Waals surface area contributed by atoms with Gasteiger partial charge in [0.25, 0.3) is 5.56 Å². The molecule has 1 atom stereocenters. The van der Waals surface area contributed by atoms with E-state index in [9.17, 15) is 18.0 Å². The Labute approximate surface area is 161 Å². The lowest BCUT2D eigenvalue weighted by atomic mass is 10.2. The molecule has 0 spiro atoms. The fourth-order valence-electron chi connectivity index (χ4n) is 2.18. The fraction of sp³-hybridized carbons (Fsp3) is 0.333. The van der Waals surface area contributed by atoms with Crippen molar-refractivity contribution in [1.29, 1.82) is 0 Å². The second-order valence-electron chi connectivity index (χ2n) is 5.37. The van der Waals surface area contributed by atoms with Crippen LogP contribution < -0.4 is 10.9 Å². The molecule has 2 aromatic rings. The van der Waals surface area contributed by atoms with E-state index in [1.165, 1.54) is 17.9 Å². The minimum absolute atomic E-state index is 0.00536. The van der Waals surface area contributed by atoms with Gasteiger partial charge in [0.2, 0.25) is 0 Å². The maximum Gasteiger partial charge on any atom is 0.416 e. The van der Waals surface area contributed by atoms with Crippen LogP contribution in [-0.2, 0) is 10.9 Å². The van der Waals surface area contributed by atoms with Crippen molar-refractivity contribution >= 4 is 46.3 Å². The first kappa shape index (κ1) is 20.8. The molecule has 0 radical (unpaired) electrons. The standard InChI is InChI=1S/C15H13Cl3F3N3O2/c1-7(6-26-2)24-5-11(18)22-13(14(24)25)23-12-9(16)3-8(4-10(12)17)15(19,20)21/h3-5,7H,6H2,1-2H3,(H,22,23)/t7-/m1/s1. The SMILES string of the molecule is COC[C@@H](C)n1cc(Cl)nc(Nc2c(Cl)cc(C(F)(F)F)cc2Cl)c1=O. The Bertz CT molecular complexity index is 848. The first-order valence-electron chi connectivity index (χ1n) is 7.15. The zero-order valence-electron chi connectivity index (χ0n) is 13.5. The van der Waals surface area contributed by atoms with Crippen LogP contribution in [0.5, 0.6) is 0 Å². The van der Waals surface area contributed by atoms with Crippen LogP contribution in [0.1, 0.15) is 18.5 Å². The molecule has 0 amide bonds. The predicted octanol–water partition coefficient (Wildman–Crippen LogP) is 5.17. The average molecular weight is 431 g/mol. The normalized spacial score (nSPS) is 12.9. The molecule has 26 heavy (non-hydrogen) atoms. The van der Waals surface area contributed by atoms with Gasteiger partial charge in [0, 0.05) is 13.3 Å². The van der Waals surface area contributed by atoms with Gasteiger partial charge in [-0.2, -0.15) is 13.2 Å². The van der Waals surface area contributed by atoms with Crippen molar-refractivity contribution in [1.82, 2.24) is 9.55 Å². The van der Waals surface area contributed by atoms with E-state index >= 15 is 0 Å². The van der Waals surface area contributed by atoms with Gasteiger partial charge in [-0.25, -0.2) is 4.98 Å². The van der Waals surface area contributed by atoms with Crippen LogP contribution in [0.15, 0.2) is 23.1 Å². The van der Waals surface area contributed by atoms with Crippen LogP contribution in [0.2, 0.25) is 15.2 Å². The summed E-state index contributed by atoms with van der Waals surface area (Å²) >= 11 is 17.7. The zero-order chi connectivity index (χ0) is 19.6. The minimum Gasteiger partial charge on any atom is -0.383 e. The zero-order valence-corrected chi connectivity index (χ0v) is 15.8. The van der Waals surface area contributed by atoms with Gasteiger partial charge in [0.05, 0.1) is 33.9 Å². The highest BCUT2D eigenvalue weighted by Crippen LogP contribution is 2.39. The molecule has 0 saturated heterocycles. The highest BCUT2D eigenvalue weighted by Gasteiger charge is 2.32. The average Bonchev–Trinajstić information content (AvgIpc) is 2.52. The maximum absolute atomic E-state index is 12.8. The summed E-state index contributed by atoms with van der Waals surface area (Å²) in [5.41, 5.74) is -1.66. The van der Waals surface area contributed by atoms with E-state index in [4.69, 9.17) is 39.5 Å². The second kappa shape index (κ2) is 8.04. The number of methoxy groups -OCH3 is 1. The van der Waals surface area contributed by atoms with Crippen molar-refractivity contribution in [3.05, 3.63) is 49.4 Å². The van der Waals surface area contributed by atoms with Crippen LogP contribution in [0.4, 0.5) is 24.7 Å². The summed E-state index contributed by atoms with van der Waals surface area (Å²) in [4.78, 5) is 16.4. The van der Waals surface area contributed by atoms with Gasteiger partial charge in [0.1, 0.15) is 5.15 Å². The molecule has 142 valence electrons. The third-order valence-corrected chi connectivity index (χ3v) is 4.18. The molecule has 0 unspecified atom stereocenters. The summed E-state index contributed by atoms with van der Waals surface area (Å²) < 4.78 is 44.7. The number of anilines is 2. The number of hydrogen-bond donors (Lipinski definition) is 1. The van der Waals surface area contributed by atoms with E-state index in [2.05, 4.69) is 10.3 Å². The van der Waals surface area contributed by atoms with Gasteiger partial charge >= 0.3 is 6.18 Å². The van der Waals surface area contributed by atoms with Crippen LogP contribution >= 0.6 is 34.8 Å². The van der Waals surface area contributed by atoms with E-state index < -0.39 is 17.3 Å². The Morgan fingerprint density at radius 2 is 1.85 bits per heavy atom. The molecule has 2 rings (SSSR count). The van der Waals surface area contributed by atoms with Crippen molar-refractivity contribution in [3.8, 4) is 0 Å². The summed E-state index contributed by atoms with van der Waals surface area (Å²) in [5.74, 6) is -0.232. The molecule has 5 nitrogen and oxygen atoms in total. The van der Waals surface area contributed by atoms with Gasteiger partial charge in [-0.05, 0) is 19.1 Å². The quantitative estimate of drug-likeness (QED) is 0.711. The Balaban J connectivity index is 2.48. The Morgan fingerprint density at radius 1 is 1.27 bits per heavy atom. The number of ether oxygens (including phenoxy) is 1. The van der Waals surface area contributed by atoms with Crippen LogP contribution in [0, 0.1) is 0 Å². The molecule has 0 bridgehead atoms. The number of nitrogens with one attached hydrogen (secondary N) is 1. The molecule has 0 saturated carbocycles. The van der Waals surface area contributed by atoms with Crippen molar-refractivity contribution in [2.45, 2.75) is 19.1 Å². The van der Waals surface area contributed by atoms with E-state index in [1.807, 2.05) is 0 Å². The number of rotatable bonds is 5. The number of benzene rings is 1. The molecular formula is C15H13Cl3F3N3O2. The third-order valence-electron chi connectivity index (χ3n) is 3.40. The molecule has 0 aliphatic carbocycles. The van der Waals surface area contributed by atoms with E-state index in [0.717, 1.165) is 0 Å². The molecule has 0 aliphatic rings. The molecule has 1 N–H and O–H groups in total. The smallest absolute Gasteiger partial charge is 0.383 e. The molecule has 0 fully saturated rings. The topological polar surface area (TPSA) is 56.1 Å². The van der Waals surface area contributed by atoms with Gasteiger partial charge in [0.15, 0.2) is 5.82 Å². The number of hydrogen-bond acceptors (Lipinski definition) is 4. The summed E-state index contributed by atoms with van der Waals surface area (Å²) in [5, 5.41) is 1.93. The first-order valence-corrected chi connectivity index (χ1v) is 8.29. The van der Waals surface area contributed by atoms with E-state index in [-0.39, 0.29) is 39.4 Å². The van der Waals surface area contributed by atoms with Gasteiger partial charge in [-0.15, -0.1) is 0 Å². The Hall–Kier alpha value is -1.48. The fourth-order valence-corrected chi connectivity index (χ4v) is 2.96. The second-order valence-corrected chi connectivity index (χ2v) is 6.57. The van der Waals surface area contributed by atoms with E-state index in [0.29, 0.717) is 12.1 Å². The molecule has 1 aromatic carbocycles. The summed E-state index contributed by atoms with van der Waals surface area (Å²) in [6.45, 7) is 1.96. The number of aromatic nitrogens is 2. The Kier molecular flexibility index (Phi) is 6.44. The van der Waals surface area contributed by atoms with Crippen LogP contribution in [-0.4, -0.2) is 23.3 Å². The monoisotopic (exact) mass is 429 g/mol. The minimum atomic E-state index is -4.61. The molecule has 11 heteroatoms. The maximum atomic E-state index is 12.8. The number of nitrogens with zero attached hydrogens (tertiary/aromatic N) is 2. The van der Waals surface area contributed by atoms with Crippen molar-refractivity contribution < 1.29 is 17.9 Å². The van der Waals surface area contributed by atoms with E-state index in [1.54, 1.807) is 6.92 Å². The van der Waals surface area contributed by atoms with Crippen LogP contribution in [0.25, 0.3) is 0 Å². The highest BCUT2D eigenvalue weighted by molar-refractivity contribution is 6.39. The van der Waals surface area contributed by atoms with Gasteiger partial charge in [-0.3, -0.25) is 4.79 Å². The lowest BCUT2D eigenvalue weighted by Crippen LogP contribution is -2.28. The lowest BCUT2D eigenvalue weighted by molar-refractivity contribution is -0.137. The van der Waals surface area contributed by atoms with Crippen molar-refractivity contribution in [2.24, 2.45) is 0 Å². The molecular weight excluding hydrogens is 418 g/mol. The van der Waals surface area contributed by atoms with Crippen molar-refractivity contribution in [3.63, 3.8) is 0 Å². The third kappa shape index (κ3) is 4.62. The molecule has 1 heterocycles. The summed E-state index contributed by atoms with van der Waals surface area (Å²) in [6, 6.07) is 1.05. The number of halogens is 6. The molecule has 0 aliphatic heterocycles. The number of alkyl halides is 3. The largest absolute Gasteiger partial charge is 0.416 e. The van der Waals surface area contributed by atoms with Crippen LogP contribution in [0.3, 0.4) is 0 Å². The highest BCUT2D eigenvalue weighted by atomic mass is 35.5. The van der Waals surface area contributed by atoms with Gasteiger partial charge < -0.3 is 14.6 Å². The Morgan fingerprint density at radius 3 is 2.35 bits per heavy atom.